The van der Waals surface area contributed by atoms with E-state index in [9.17, 15) is 37.1 Å². The number of nitrogens with zero attached hydrogens (tertiary/aromatic N) is 1. The van der Waals surface area contributed by atoms with Gasteiger partial charge in [0.2, 0.25) is 17.6 Å². The molecule has 1 saturated heterocycles. The van der Waals surface area contributed by atoms with Gasteiger partial charge in [-0.2, -0.15) is 13.2 Å². The highest BCUT2D eigenvalue weighted by Crippen LogP contribution is 2.65. The minimum Gasteiger partial charge on any atom is -0.346 e. The number of likely N-dealkylation sites (tertiary alicyclic amines) is 1. The molecule has 0 spiro atoms. The normalized spacial score (nSPS) is 31.4. The second-order valence-electron chi connectivity index (χ2n) is 14.4. The maximum atomic E-state index is 14.3. The molecule has 10 nitrogen and oxygen atoms in total. The molecule has 13 heteroatoms. The number of halogens is 3. The molecule has 1 heterocycles. The van der Waals surface area contributed by atoms with Crippen molar-refractivity contribution < 1.29 is 37.1 Å². The number of hydrogen-bond acceptors (Lipinski definition) is 5. The van der Waals surface area contributed by atoms with E-state index in [0.29, 0.717) is 11.8 Å². The van der Waals surface area contributed by atoms with Gasteiger partial charge in [0.25, 0.3) is 5.91 Å². The molecule has 5 fully saturated rings. The molecule has 45 heavy (non-hydrogen) atoms. The maximum Gasteiger partial charge on any atom is 0.391 e. The second-order valence-corrected chi connectivity index (χ2v) is 14.4. The standard InChI is InChI=1S/C32H46F3N5O5/c1-4-12-36-28(43)26(41)22(15-32(33,34)35)37-27(42)25-23-20(31(23,2)3)16-40(25)29(44)24(18-8-6-5-7-9-18)39-30(45)38-21-14-17-10-11-19(21)13-17/h4,17-25H,1,5-16H2,2-3H3,(H,36,43)(H,37,42)(H2,38,39,45)/t17?,19?,20?,21?,22?,23?,24-,25?/m0/s1. The number of hydrogen-bond donors (Lipinski definition) is 4. The number of amides is 5. The average molecular weight is 638 g/mol. The number of fused-ring (bicyclic) bond motifs is 3. The number of carbonyl (C=O) groups is 5. The highest BCUT2D eigenvalue weighted by molar-refractivity contribution is 6.38. The van der Waals surface area contributed by atoms with Crippen LogP contribution in [0.3, 0.4) is 0 Å². The summed E-state index contributed by atoms with van der Waals surface area (Å²) in [4.78, 5) is 67.7. The van der Waals surface area contributed by atoms with Crippen LogP contribution in [0.1, 0.15) is 78.1 Å². The summed E-state index contributed by atoms with van der Waals surface area (Å²) >= 11 is 0. The third kappa shape index (κ3) is 7.16. The SMILES string of the molecule is C=CCNC(=O)C(=O)C(CC(F)(F)F)NC(=O)C1C2C(CN1C(=O)[C@@H](NC(=O)NC1CC3CCC1C3)C1CCCCC1)C2(C)C. The Morgan fingerprint density at radius 1 is 1.00 bits per heavy atom. The lowest BCUT2D eigenvalue weighted by Gasteiger charge is -2.37. The molecule has 4 saturated carbocycles. The van der Waals surface area contributed by atoms with Gasteiger partial charge in [-0.15, -0.1) is 6.58 Å². The van der Waals surface area contributed by atoms with Gasteiger partial charge in [-0.25, -0.2) is 4.79 Å². The van der Waals surface area contributed by atoms with Crippen molar-refractivity contribution in [2.75, 3.05) is 13.1 Å². The Morgan fingerprint density at radius 2 is 1.71 bits per heavy atom. The van der Waals surface area contributed by atoms with Crippen molar-refractivity contribution in [3.8, 4) is 0 Å². The summed E-state index contributed by atoms with van der Waals surface area (Å²) in [6.07, 6.45) is 3.29. The lowest BCUT2D eigenvalue weighted by atomic mass is 9.83. The highest BCUT2D eigenvalue weighted by atomic mass is 19.4. The molecular formula is C32H46F3N5O5. The number of ketones is 1. The maximum absolute atomic E-state index is 14.3. The summed E-state index contributed by atoms with van der Waals surface area (Å²) < 4.78 is 40.5. The second kappa shape index (κ2) is 12.9. The van der Waals surface area contributed by atoms with E-state index in [-0.39, 0.29) is 42.3 Å². The van der Waals surface area contributed by atoms with Crippen LogP contribution in [0.25, 0.3) is 0 Å². The predicted molar refractivity (Wildman–Crippen MR) is 158 cm³/mol. The van der Waals surface area contributed by atoms with Crippen molar-refractivity contribution in [1.29, 1.82) is 0 Å². The Morgan fingerprint density at radius 3 is 2.31 bits per heavy atom. The van der Waals surface area contributed by atoms with Crippen LogP contribution in [0.2, 0.25) is 0 Å². The van der Waals surface area contributed by atoms with E-state index in [1.54, 1.807) is 0 Å². The van der Waals surface area contributed by atoms with Crippen molar-refractivity contribution in [2.45, 2.75) is 108 Å². The molecule has 5 amide bonds. The molecule has 0 aromatic rings. The molecule has 0 aromatic carbocycles. The first kappa shape index (κ1) is 33.2. The van der Waals surface area contributed by atoms with Crippen molar-refractivity contribution in [2.24, 2.45) is 35.0 Å². The zero-order valence-corrected chi connectivity index (χ0v) is 26.1. The number of urea groups is 1. The van der Waals surface area contributed by atoms with Crippen LogP contribution in [0.5, 0.6) is 0 Å². The average Bonchev–Trinajstić information content (AvgIpc) is 3.50. The fraction of sp³-hybridized carbons (Fsp3) is 0.781. The Balaban J connectivity index is 1.34. The number of alkyl halides is 3. The fourth-order valence-electron chi connectivity index (χ4n) is 8.72. The quantitative estimate of drug-likeness (QED) is 0.204. The summed E-state index contributed by atoms with van der Waals surface area (Å²) in [7, 11) is 0. The van der Waals surface area contributed by atoms with Crippen LogP contribution in [0, 0.1) is 35.0 Å². The Labute approximate surface area is 262 Å². The number of rotatable bonds is 11. The van der Waals surface area contributed by atoms with Crippen molar-refractivity contribution in [3.63, 3.8) is 0 Å². The summed E-state index contributed by atoms with van der Waals surface area (Å²) in [6.45, 7) is 7.36. The summed E-state index contributed by atoms with van der Waals surface area (Å²) in [5.41, 5.74) is -0.351. The molecule has 0 aromatic heterocycles. The lowest BCUT2D eigenvalue weighted by molar-refractivity contribution is -0.155. The number of carbonyl (C=O) groups excluding carboxylic acids is 5. The minimum atomic E-state index is -4.85. The monoisotopic (exact) mass is 637 g/mol. The van der Waals surface area contributed by atoms with E-state index in [2.05, 4.69) is 27.8 Å². The van der Waals surface area contributed by atoms with Crippen LogP contribution >= 0.6 is 0 Å². The van der Waals surface area contributed by atoms with E-state index in [4.69, 9.17) is 0 Å². The van der Waals surface area contributed by atoms with E-state index in [1.165, 1.54) is 17.4 Å². The van der Waals surface area contributed by atoms with Crippen LogP contribution in [-0.2, 0) is 19.2 Å². The first-order chi connectivity index (χ1) is 21.2. The van der Waals surface area contributed by atoms with E-state index in [0.717, 1.165) is 51.4 Å². The van der Waals surface area contributed by atoms with Gasteiger partial charge in [0.1, 0.15) is 18.1 Å². The van der Waals surface area contributed by atoms with E-state index < -0.39 is 60.3 Å². The van der Waals surface area contributed by atoms with Gasteiger partial charge in [0.05, 0.1) is 6.42 Å². The van der Waals surface area contributed by atoms with Crippen LogP contribution in [0.15, 0.2) is 12.7 Å². The van der Waals surface area contributed by atoms with Gasteiger partial charge in [0.15, 0.2) is 0 Å². The first-order valence-electron chi connectivity index (χ1n) is 16.4. The minimum absolute atomic E-state index is 0.0661. The Hall–Kier alpha value is -3.12. The molecule has 0 radical (unpaired) electrons. The predicted octanol–water partition coefficient (Wildman–Crippen LogP) is 3.21. The van der Waals surface area contributed by atoms with E-state index >= 15 is 0 Å². The number of Topliss-reactive ketones (excluding diaryl/α,β-unsaturated/α-hetero) is 1. The summed E-state index contributed by atoms with van der Waals surface area (Å²) in [5, 5.41) is 10.4. The molecule has 250 valence electrons. The molecule has 4 N–H and O–H groups in total. The molecule has 8 atom stereocenters. The van der Waals surface area contributed by atoms with Gasteiger partial charge in [0, 0.05) is 19.1 Å². The van der Waals surface area contributed by atoms with Gasteiger partial charge in [-0.1, -0.05) is 45.6 Å². The van der Waals surface area contributed by atoms with Crippen LogP contribution in [0.4, 0.5) is 18.0 Å². The van der Waals surface area contributed by atoms with Gasteiger partial charge < -0.3 is 26.2 Å². The molecule has 2 bridgehead atoms. The van der Waals surface area contributed by atoms with Crippen molar-refractivity contribution in [3.05, 3.63) is 12.7 Å². The lowest BCUT2D eigenvalue weighted by Crippen LogP contribution is -2.61. The van der Waals surface area contributed by atoms with Crippen molar-refractivity contribution in [1.82, 2.24) is 26.2 Å². The van der Waals surface area contributed by atoms with Crippen molar-refractivity contribution >= 4 is 29.5 Å². The number of nitrogens with one attached hydrogen (secondary N) is 4. The van der Waals surface area contributed by atoms with Gasteiger partial charge >= 0.3 is 12.2 Å². The third-order valence-electron chi connectivity index (χ3n) is 11.2. The zero-order chi connectivity index (χ0) is 32.7. The van der Waals surface area contributed by atoms with E-state index in [1.807, 2.05) is 13.8 Å². The molecule has 4 aliphatic carbocycles. The van der Waals surface area contributed by atoms with Gasteiger partial charge in [-0.3, -0.25) is 19.2 Å². The van der Waals surface area contributed by atoms with Crippen LogP contribution < -0.4 is 21.3 Å². The molecule has 5 aliphatic rings. The molecule has 1 aliphatic heterocycles. The summed E-state index contributed by atoms with van der Waals surface area (Å²) in [6, 6.07) is -4.53. The zero-order valence-electron chi connectivity index (χ0n) is 26.1. The Bertz CT molecular complexity index is 1200. The smallest absolute Gasteiger partial charge is 0.346 e. The third-order valence-corrected chi connectivity index (χ3v) is 11.2. The first-order valence-corrected chi connectivity index (χ1v) is 16.4. The topological polar surface area (TPSA) is 137 Å². The molecular weight excluding hydrogens is 591 g/mol. The molecule has 7 unspecified atom stereocenters. The summed E-state index contributed by atoms with van der Waals surface area (Å²) in [5.74, 6) is -3.52. The Kier molecular flexibility index (Phi) is 9.56. The van der Waals surface area contributed by atoms with Crippen LogP contribution in [-0.4, -0.2) is 77.9 Å². The highest BCUT2D eigenvalue weighted by Gasteiger charge is 2.70. The fourth-order valence-corrected chi connectivity index (χ4v) is 8.72. The number of piperidine rings is 1. The molecule has 5 rings (SSSR count). The van der Waals surface area contributed by atoms with Gasteiger partial charge in [-0.05, 0) is 67.1 Å². The largest absolute Gasteiger partial charge is 0.391 e.